The van der Waals surface area contributed by atoms with Gasteiger partial charge in [-0.3, -0.25) is 14.2 Å². The molecule has 1 atom stereocenters. The van der Waals surface area contributed by atoms with E-state index in [9.17, 15) is 9.59 Å². The van der Waals surface area contributed by atoms with Gasteiger partial charge in [0.2, 0.25) is 5.91 Å². The molecular weight excluding hydrogens is 394 g/mol. The van der Waals surface area contributed by atoms with Crippen LogP contribution in [-0.2, 0) is 22.5 Å². The number of fused-ring (bicyclic) bond motifs is 1. The maximum absolute atomic E-state index is 13.2. The molecule has 1 amide bonds. The lowest BCUT2D eigenvalue weighted by molar-refractivity contribution is -0.132. The van der Waals surface area contributed by atoms with Crippen LogP contribution in [0.4, 0.5) is 0 Å². The average molecular weight is 418 g/mol. The predicted octanol–water partition coefficient (Wildman–Crippen LogP) is 2.28. The monoisotopic (exact) mass is 417 g/mol. The third-order valence-electron chi connectivity index (χ3n) is 4.83. The smallest absolute Gasteiger partial charge is 0.268 e. The minimum atomic E-state index is 0.00419. The largest absolute Gasteiger partial charge is 0.378 e. The lowest BCUT2D eigenvalue weighted by atomic mass is 10.2. The molecule has 2 aromatic rings. The molecule has 1 unspecified atom stereocenters. The Kier molecular flexibility index (Phi) is 6.08. The Morgan fingerprint density at radius 1 is 1.29 bits per heavy atom. The SMILES string of the molecule is CC1Cc2nc(SCC(=O)N3CCOCC3)n(Cc3ccccc3)c(=O)c2S1. The Morgan fingerprint density at radius 3 is 2.79 bits per heavy atom. The molecular formula is C20H23N3O3S2. The summed E-state index contributed by atoms with van der Waals surface area (Å²) < 4.78 is 7.03. The summed E-state index contributed by atoms with van der Waals surface area (Å²) in [7, 11) is 0. The molecule has 0 radical (unpaired) electrons. The molecule has 148 valence electrons. The van der Waals surface area contributed by atoms with Crippen LogP contribution in [0.1, 0.15) is 18.2 Å². The number of rotatable bonds is 5. The number of hydrogen-bond donors (Lipinski definition) is 0. The van der Waals surface area contributed by atoms with Crippen LogP contribution in [0.2, 0.25) is 0 Å². The minimum Gasteiger partial charge on any atom is -0.378 e. The zero-order valence-electron chi connectivity index (χ0n) is 15.8. The zero-order chi connectivity index (χ0) is 19.5. The van der Waals surface area contributed by atoms with Crippen LogP contribution in [-0.4, -0.2) is 57.7 Å². The van der Waals surface area contributed by atoms with E-state index < -0.39 is 0 Å². The molecule has 0 spiro atoms. The maximum atomic E-state index is 13.2. The Balaban J connectivity index is 1.59. The van der Waals surface area contributed by atoms with Crippen molar-refractivity contribution in [2.45, 2.75) is 35.2 Å². The van der Waals surface area contributed by atoms with Gasteiger partial charge in [-0.25, -0.2) is 4.98 Å². The van der Waals surface area contributed by atoms with Crippen molar-refractivity contribution in [1.29, 1.82) is 0 Å². The van der Waals surface area contributed by atoms with Crippen LogP contribution in [0.15, 0.2) is 45.2 Å². The highest BCUT2D eigenvalue weighted by atomic mass is 32.2. The zero-order valence-corrected chi connectivity index (χ0v) is 17.4. The number of benzene rings is 1. The van der Waals surface area contributed by atoms with E-state index in [0.29, 0.717) is 43.3 Å². The van der Waals surface area contributed by atoms with E-state index in [0.717, 1.165) is 22.6 Å². The van der Waals surface area contributed by atoms with E-state index in [-0.39, 0.29) is 17.2 Å². The molecule has 28 heavy (non-hydrogen) atoms. The topological polar surface area (TPSA) is 64.4 Å². The van der Waals surface area contributed by atoms with Crippen LogP contribution in [0.5, 0.6) is 0 Å². The summed E-state index contributed by atoms with van der Waals surface area (Å²) in [6.45, 7) is 5.00. The summed E-state index contributed by atoms with van der Waals surface area (Å²) in [4.78, 5) is 33.1. The molecule has 1 fully saturated rings. The molecule has 0 saturated carbocycles. The Labute approximate surface area is 172 Å². The van der Waals surface area contributed by atoms with E-state index in [2.05, 4.69) is 6.92 Å². The Bertz CT molecular complexity index is 911. The molecule has 3 heterocycles. The van der Waals surface area contributed by atoms with Crippen molar-refractivity contribution >= 4 is 29.4 Å². The van der Waals surface area contributed by atoms with Crippen molar-refractivity contribution in [3.63, 3.8) is 0 Å². The van der Waals surface area contributed by atoms with Gasteiger partial charge in [0.05, 0.1) is 36.1 Å². The molecule has 0 bridgehead atoms. The predicted molar refractivity (Wildman–Crippen MR) is 111 cm³/mol. The van der Waals surface area contributed by atoms with Gasteiger partial charge in [-0.1, -0.05) is 49.0 Å². The number of nitrogens with zero attached hydrogens (tertiary/aromatic N) is 3. The van der Waals surface area contributed by atoms with Gasteiger partial charge in [0.1, 0.15) is 0 Å². The van der Waals surface area contributed by atoms with Gasteiger partial charge in [0.25, 0.3) is 5.56 Å². The van der Waals surface area contributed by atoms with Crippen molar-refractivity contribution in [1.82, 2.24) is 14.5 Å². The summed E-state index contributed by atoms with van der Waals surface area (Å²) in [6, 6.07) is 9.90. The minimum absolute atomic E-state index is 0.00419. The molecule has 1 saturated heterocycles. The first-order chi connectivity index (χ1) is 13.6. The number of hydrogen-bond acceptors (Lipinski definition) is 6. The highest BCUT2D eigenvalue weighted by Crippen LogP contribution is 2.34. The van der Waals surface area contributed by atoms with Gasteiger partial charge in [-0.15, -0.1) is 11.8 Å². The molecule has 1 aromatic heterocycles. The second-order valence-corrected chi connectivity index (χ2v) is 9.35. The maximum Gasteiger partial charge on any atom is 0.268 e. The summed E-state index contributed by atoms with van der Waals surface area (Å²) in [5.74, 6) is 0.347. The molecule has 2 aliphatic rings. The summed E-state index contributed by atoms with van der Waals surface area (Å²) in [5, 5.41) is 0.986. The van der Waals surface area contributed by atoms with Gasteiger partial charge >= 0.3 is 0 Å². The molecule has 1 aromatic carbocycles. The third-order valence-corrected chi connectivity index (χ3v) is 7.01. The average Bonchev–Trinajstić information content (AvgIpc) is 3.10. The summed E-state index contributed by atoms with van der Waals surface area (Å²) in [6.07, 6.45) is 0.798. The molecule has 8 heteroatoms. The summed E-state index contributed by atoms with van der Waals surface area (Å²) in [5.41, 5.74) is 1.92. The van der Waals surface area contributed by atoms with Crippen molar-refractivity contribution in [3.8, 4) is 0 Å². The van der Waals surface area contributed by atoms with Gasteiger partial charge in [-0.05, 0) is 5.56 Å². The Hall–Kier alpha value is -1.77. The van der Waals surface area contributed by atoms with Gasteiger partial charge in [0, 0.05) is 24.8 Å². The number of aromatic nitrogens is 2. The molecule has 0 aliphatic carbocycles. The first kappa shape index (κ1) is 19.5. The van der Waals surface area contributed by atoms with Gasteiger partial charge < -0.3 is 9.64 Å². The van der Waals surface area contributed by atoms with Crippen molar-refractivity contribution in [2.24, 2.45) is 0 Å². The molecule has 2 aliphatic heterocycles. The fourth-order valence-electron chi connectivity index (χ4n) is 3.38. The van der Waals surface area contributed by atoms with Gasteiger partial charge in [-0.2, -0.15) is 0 Å². The van der Waals surface area contributed by atoms with E-state index in [1.807, 2.05) is 35.2 Å². The molecule has 6 nitrogen and oxygen atoms in total. The Morgan fingerprint density at radius 2 is 2.04 bits per heavy atom. The highest BCUT2D eigenvalue weighted by molar-refractivity contribution is 8.00. The quantitative estimate of drug-likeness (QED) is 0.549. The second kappa shape index (κ2) is 8.71. The van der Waals surface area contributed by atoms with E-state index in [1.165, 1.54) is 11.8 Å². The fraction of sp³-hybridized carbons (Fsp3) is 0.450. The highest BCUT2D eigenvalue weighted by Gasteiger charge is 2.27. The third kappa shape index (κ3) is 4.29. The van der Waals surface area contributed by atoms with Crippen LogP contribution >= 0.6 is 23.5 Å². The van der Waals surface area contributed by atoms with Crippen LogP contribution in [0.25, 0.3) is 0 Å². The first-order valence-electron chi connectivity index (χ1n) is 9.44. The van der Waals surface area contributed by atoms with Gasteiger partial charge in [0.15, 0.2) is 5.16 Å². The number of morpholine rings is 1. The van der Waals surface area contributed by atoms with Crippen LogP contribution in [0, 0.1) is 0 Å². The van der Waals surface area contributed by atoms with Crippen LogP contribution < -0.4 is 5.56 Å². The number of carbonyl (C=O) groups is 1. The van der Waals surface area contributed by atoms with E-state index in [4.69, 9.17) is 9.72 Å². The fourth-order valence-corrected chi connectivity index (χ4v) is 5.41. The van der Waals surface area contributed by atoms with E-state index in [1.54, 1.807) is 16.3 Å². The van der Waals surface area contributed by atoms with Crippen molar-refractivity contribution < 1.29 is 9.53 Å². The standard InChI is InChI=1S/C20H23N3O3S2/c1-14-11-16-18(28-14)19(25)23(12-15-5-3-2-4-6-15)20(21-16)27-13-17(24)22-7-9-26-10-8-22/h2-6,14H,7-13H2,1H3. The first-order valence-corrected chi connectivity index (χ1v) is 11.3. The lowest BCUT2D eigenvalue weighted by Crippen LogP contribution is -2.41. The molecule has 0 N–H and O–H groups in total. The number of ether oxygens (including phenoxy) is 1. The molecule has 4 rings (SSSR count). The summed E-state index contributed by atoms with van der Waals surface area (Å²) >= 11 is 2.96. The normalized spacial score (nSPS) is 18.9. The van der Waals surface area contributed by atoms with Crippen LogP contribution in [0.3, 0.4) is 0 Å². The van der Waals surface area contributed by atoms with Crippen molar-refractivity contribution in [2.75, 3.05) is 32.1 Å². The number of carbonyl (C=O) groups excluding carboxylic acids is 1. The number of thioether (sulfide) groups is 2. The second-order valence-electron chi connectivity index (χ2n) is 6.96. The van der Waals surface area contributed by atoms with E-state index >= 15 is 0 Å². The number of amides is 1. The van der Waals surface area contributed by atoms with Crippen molar-refractivity contribution in [3.05, 3.63) is 51.9 Å². The lowest BCUT2D eigenvalue weighted by Gasteiger charge is -2.26.